The van der Waals surface area contributed by atoms with E-state index in [9.17, 15) is 43.2 Å². The van der Waals surface area contributed by atoms with Crippen LogP contribution in [-0.4, -0.2) is 105 Å². The van der Waals surface area contributed by atoms with Gasteiger partial charge in [0.15, 0.2) is 36.9 Å². The van der Waals surface area contributed by atoms with Gasteiger partial charge in [-0.1, -0.05) is 0 Å². The largest absolute Gasteiger partial charge is 0.463 e. The summed E-state index contributed by atoms with van der Waals surface area (Å²) >= 11 is 0.810. The summed E-state index contributed by atoms with van der Waals surface area (Å²) in [7, 11) is 0. The molecule has 2 fully saturated rings. The second-order valence-electron chi connectivity index (χ2n) is 11.6. The summed E-state index contributed by atoms with van der Waals surface area (Å²) in [5, 5.41) is -0.254. The number of hydrogen-bond donors (Lipinski definition) is 1. The lowest BCUT2D eigenvalue weighted by atomic mass is 10.1. The summed E-state index contributed by atoms with van der Waals surface area (Å²) in [6.07, 6.45) is -10.2. The molecule has 0 aliphatic carbocycles. The molecule has 0 spiro atoms. The summed E-state index contributed by atoms with van der Waals surface area (Å²) in [6.45, 7) is 5.56. The molecule has 2 aliphatic heterocycles. The van der Waals surface area contributed by atoms with Crippen molar-refractivity contribution >= 4 is 67.6 Å². The van der Waals surface area contributed by atoms with Crippen molar-refractivity contribution in [1.29, 1.82) is 0 Å². The van der Waals surface area contributed by atoms with Gasteiger partial charge in [0.1, 0.15) is 35.6 Å². The maximum absolute atomic E-state index is 14.1. The van der Waals surface area contributed by atoms with Crippen molar-refractivity contribution in [3.63, 3.8) is 0 Å². The molecule has 5 rings (SSSR count). The highest BCUT2D eigenvalue weighted by Gasteiger charge is 2.53. The standard InChI is InChI=1S/C30H32N4O17S/c1-10(35)44-8-16-21(46-12(3)37)23(48-14(5)39)27(50-16)33-7-18-20(31-29(33)42)19-25(52-18)32-30(43)34(26(19)41)28-24(49-15(6)40)22(47-13(4)38)17(51-28)9-45-11(2)36/h7,16-17,21-24,27-28H,8-9H2,1-6H3,(H,31,42)/t16-,17-,21-,22-,23-,24-,27-,28-/m1/s1. The van der Waals surface area contributed by atoms with E-state index in [0.29, 0.717) is 4.57 Å². The van der Waals surface area contributed by atoms with Gasteiger partial charge in [0, 0.05) is 47.7 Å². The minimum Gasteiger partial charge on any atom is -0.463 e. The number of aromatic nitrogens is 4. The second kappa shape index (κ2) is 15.0. The van der Waals surface area contributed by atoms with Gasteiger partial charge in [0.05, 0.1) is 10.2 Å². The minimum atomic E-state index is -1.73. The van der Waals surface area contributed by atoms with Gasteiger partial charge in [-0.05, 0) is 0 Å². The van der Waals surface area contributed by atoms with Crippen LogP contribution in [0.5, 0.6) is 0 Å². The first-order valence-corrected chi connectivity index (χ1v) is 16.2. The monoisotopic (exact) mass is 752 g/mol. The van der Waals surface area contributed by atoms with Gasteiger partial charge in [0.2, 0.25) is 0 Å². The zero-order valence-electron chi connectivity index (χ0n) is 28.3. The highest BCUT2D eigenvalue weighted by atomic mass is 32.1. The third-order valence-electron chi connectivity index (χ3n) is 7.69. The first-order valence-electron chi connectivity index (χ1n) is 15.4. The van der Waals surface area contributed by atoms with Crippen LogP contribution in [-0.2, 0) is 66.7 Å². The molecule has 21 nitrogen and oxygen atoms in total. The average molecular weight is 753 g/mol. The lowest BCUT2D eigenvalue weighted by Gasteiger charge is -2.24. The topological polar surface area (TPSA) is 266 Å². The average Bonchev–Trinajstić information content (AvgIpc) is 3.65. The minimum absolute atomic E-state index is 0.0856. The number of fused-ring (bicyclic) bond motifs is 3. The normalized spacial score (nSPS) is 25.4. The molecule has 0 radical (unpaired) electrons. The second-order valence-corrected chi connectivity index (χ2v) is 12.6. The zero-order chi connectivity index (χ0) is 38.2. The fraction of sp³-hybridized carbons (Fsp3) is 0.533. The van der Waals surface area contributed by atoms with Gasteiger partial charge < -0.3 is 42.9 Å². The molecule has 8 atom stereocenters. The summed E-state index contributed by atoms with van der Waals surface area (Å²) < 4.78 is 44.9. The molecule has 22 heteroatoms. The maximum atomic E-state index is 14.1. The number of carbonyl (C=O) groups is 6. The van der Waals surface area contributed by atoms with Crippen LogP contribution >= 0.6 is 11.3 Å². The van der Waals surface area contributed by atoms with E-state index in [2.05, 4.69) is 9.97 Å². The lowest BCUT2D eigenvalue weighted by molar-refractivity contribution is -0.166. The molecule has 0 aromatic carbocycles. The quantitative estimate of drug-likeness (QED) is 0.194. The van der Waals surface area contributed by atoms with E-state index in [4.69, 9.17) is 37.9 Å². The van der Waals surface area contributed by atoms with Crippen LogP contribution in [0.4, 0.5) is 0 Å². The van der Waals surface area contributed by atoms with Gasteiger partial charge in [0.25, 0.3) is 5.56 Å². The number of aromatic amines is 1. The van der Waals surface area contributed by atoms with Crippen LogP contribution in [0, 0.1) is 0 Å². The molecule has 3 aromatic heterocycles. The van der Waals surface area contributed by atoms with Crippen molar-refractivity contribution in [2.45, 2.75) is 90.6 Å². The molecule has 0 amide bonds. The SMILES string of the molecule is CC(=O)OC[C@H]1O[C@@H](n2cc3sc4nc(=O)n([C@@H]5O[C@H](COC(C)=O)[C@@H](OC(C)=O)[C@H]5OC(C)=O)c(=O)c4c3[nH]c2=O)[C@H](OC(C)=O)[C@@H]1OC(C)=O. The van der Waals surface area contributed by atoms with Crippen LogP contribution < -0.4 is 16.9 Å². The van der Waals surface area contributed by atoms with Gasteiger partial charge in [-0.15, -0.1) is 11.3 Å². The van der Waals surface area contributed by atoms with Gasteiger partial charge in [-0.2, -0.15) is 4.98 Å². The predicted molar refractivity (Wildman–Crippen MR) is 170 cm³/mol. The number of esters is 6. The molecule has 280 valence electrons. The van der Waals surface area contributed by atoms with Crippen LogP contribution in [0.1, 0.15) is 54.0 Å². The van der Waals surface area contributed by atoms with Crippen LogP contribution in [0.2, 0.25) is 0 Å². The smallest absolute Gasteiger partial charge is 0.354 e. The number of hydrogen-bond acceptors (Lipinski definition) is 19. The Kier molecular flexibility index (Phi) is 10.9. The van der Waals surface area contributed by atoms with Crippen molar-refractivity contribution in [2.24, 2.45) is 0 Å². The summed E-state index contributed by atoms with van der Waals surface area (Å²) in [6, 6.07) is 0. The van der Waals surface area contributed by atoms with E-state index in [1.54, 1.807) is 0 Å². The van der Waals surface area contributed by atoms with E-state index in [1.165, 1.54) is 6.20 Å². The lowest BCUT2D eigenvalue weighted by Crippen LogP contribution is -2.45. The molecule has 5 heterocycles. The molecule has 52 heavy (non-hydrogen) atoms. The molecular weight excluding hydrogens is 720 g/mol. The Morgan fingerprint density at radius 1 is 0.712 bits per heavy atom. The summed E-state index contributed by atoms with van der Waals surface area (Å²) in [5.74, 6) is -4.74. The highest BCUT2D eigenvalue weighted by molar-refractivity contribution is 7.25. The van der Waals surface area contributed by atoms with Crippen molar-refractivity contribution in [2.75, 3.05) is 13.2 Å². The molecule has 2 aliphatic rings. The summed E-state index contributed by atoms with van der Waals surface area (Å²) in [5.41, 5.74) is -3.22. The number of thiophene rings is 1. The Morgan fingerprint density at radius 2 is 1.17 bits per heavy atom. The maximum Gasteiger partial charge on any atom is 0.354 e. The first-order chi connectivity index (χ1) is 24.5. The molecule has 0 unspecified atom stereocenters. The van der Waals surface area contributed by atoms with Gasteiger partial charge >= 0.3 is 47.2 Å². The Morgan fingerprint density at radius 3 is 1.65 bits per heavy atom. The number of carbonyl (C=O) groups excluding carboxylic acids is 6. The highest BCUT2D eigenvalue weighted by Crippen LogP contribution is 2.37. The Balaban J connectivity index is 1.62. The Hall–Kier alpha value is -5.48. The molecule has 2 saturated heterocycles. The van der Waals surface area contributed by atoms with Crippen molar-refractivity contribution in [1.82, 2.24) is 19.1 Å². The molecule has 3 aromatic rings. The number of rotatable bonds is 10. The molecule has 0 saturated carbocycles. The van der Waals surface area contributed by atoms with Gasteiger partial charge in [-0.25, -0.2) is 14.2 Å². The Labute approximate surface area is 294 Å². The summed E-state index contributed by atoms with van der Waals surface area (Å²) in [4.78, 5) is 119. The van der Waals surface area contributed by atoms with Crippen molar-refractivity contribution < 1.29 is 66.7 Å². The van der Waals surface area contributed by atoms with E-state index < -0.39 is 115 Å². The third kappa shape index (κ3) is 7.72. The zero-order valence-corrected chi connectivity index (χ0v) is 29.1. The molecule has 1 N–H and O–H groups in total. The van der Waals surface area contributed by atoms with E-state index in [1.807, 2.05) is 0 Å². The van der Waals surface area contributed by atoms with Crippen LogP contribution in [0.3, 0.4) is 0 Å². The number of H-pyrrole nitrogens is 1. The van der Waals surface area contributed by atoms with Gasteiger partial charge in [-0.3, -0.25) is 38.1 Å². The Bertz CT molecular complexity index is 2130. The number of ether oxygens (including phenoxy) is 8. The number of nitrogens with zero attached hydrogens (tertiary/aromatic N) is 3. The first kappa shape index (κ1) is 37.8. The van der Waals surface area contributed by atoms with Crippen molar-refractivity contribution in [3.8, 4) is 0 Å². The van der Waals surface area contributed by atoms with Crippen LogP contribution in [0.15, 0.2) is 20.6 Å². The number of nitrogens with one attached hydrogen (secondary N) is 1. The van der Waals surface area contributed by atoms with E-state index in [-0.39, 0.29) is 20.4 Å². The molecule has 0 bridgehead atoms. The fourth-order valence-corrected chi connectivity index (χ4v) is 6.91. The van der Waals surface area contributed by atoms with Crippen molar-refractivity contribution in [3.05, 3.63) is 37.5 Å². The fourth-order valence-electron chi connectivity index (χ4n) is 5.86. The van der Waals surface area contributed by atoms with Crippen LogP contribution in [0.25, 0.3) is 20.4 Å². The predicted octanol–water partition coefficient (Wildman–Crippen LogP) is -0.891. The third-order valence-corrected chi connectivity index (χ3v) is 8.70. The van der Waals surface area contributed by atoms with E-state index >= 15 is 0 Å². The van der Waals surface area contributed by atoms with E-state index in [0.717, 1.165) is 57.4 Å². The molecular formula is C30H32N4O17S.